The van der Waals surface area contributed by atoms with E-state index in [0.717, 1.165) is 5.56 Å². The van der Waals surface area contributed by atoms with Gasteiger partial charge >= 0.3 is 5.97 Å². The molecule has 0 saturated carbocycles. The Balaban J connectivity index is 2.19. The number of rotatable bonds is 4. The van der Waals surface area contributed by atoms with Crippen molar-refractivity contribution in [2.75, 3.05) is 12.4 Å². The van der Waals surface area contributed by atoms with E-state index in [-0.39, 0.29) is 11.6 Å². The van der Waals surface area contributed by atoms with Gasteiger partial charge < -0.3 is 10.1 Å². The smallest absolute Gasteiger partial charge is 0.340 e. The first kappa shape index (κ1) is 15.3. The van der Waals surface area contributed by atoms with E-state index in [1.165, 1.54) is 19.2 Å². The van der Waals surface area contributed by atoms with Crippen LogP contribution < -0.4 is 5.32 Å². The molecule has 0 saturated heterocycles. The zero-order valence-corrected chi connectivity index (χ0v) is 12.4. The minimum atomic E-state index is -0.699. The highest BCUT2D eigenvalue weighted by Crippen LogP contribution is 2.23. The molecule has 0 spiro atoms. The molecule has 1 unspecified atom stereocenters. The van der Waals surface area contributed by atoms with E-state index in [1.807, 2.05) is 19.1 Å². The molecule has 110 valence electrons. The van der Waals surface area contributed by atoms with Crippen molar-refractivity contribution in [3.8, 4) is 0 Å². The Kier molecular flexibility index (Phi) is 4.81. The van der Waals surface area contributed by atoms with Gasteiger partial charge in [-0.05, 0) is 42.8 Å². The Morgan fingerprint density at radius 1 is 1.24 bits per heavy atom. The zero-order valence-electron chi connectivity index (χ0n) is 11.7. The van der Waals surface area contributed by atoms with Crippen molar-refractivity contribution in [2.45, 2.75) is 13.0 Å². The molecule has 0 bridgehead atoms. The van der Waals surface area contributed by atoms with Crippen LogP contribution in [-0.2, 0) is 4.74 Å². The summed E-state index contributed by atoms with van der Waals surface area (Å²) in [5.41, 5.74) is 1.58. The van der Waals surface area contributed by atoms with Crippen molar-refractivity contribution >= 4 is 23.3 Å². The van der Waals surface area contributed by atoms with Crippen LogP contribution in [0, 0.1) is 5.82 Å². The summed E-state index contributed by atoms with van der Waals surface area (Å²) < 4.78 is 18.1. The predicted molar refractivity (Wildman–Crippen MR) is 81.2 cm³/mol. The first-order valence-corrected chi connectivity index (χ1v) is 6.79. The number of esters is 1. The van der Waals surface area contributed by atoms with Crippen molar-refractivity contribution in [1.82, 2.24) is 0 Å². The summed E-state index contributed by atoms with van der Waals surface area (Å²) in [5.74, 6) is -1.30. The van der Waals surface area contributed by atoms with Gasteiger partial charge in [0.25, 0.3) is 0 Å². The van der Waals surface area contributed by atoms with E-state index in [4.69, 9.17) is 11.6 Å². The predicted octanol–water partition coefficient (Wildman–Crippen LogP) is 4.44. The monoisotopic (exact) mass is 307 g/mol. The largest absolute Gasteiger partial charge is 0.465 e. The van der Waals surface area contributed by atoms with E-state index in [9.17, 15) is 9.18 Å². The van der Waals surface area contributed by atoms with Crippen LogP contribution >= 0.6 is 11.6 Å². The van der Waals surface area contributed by atoms with E-state index >= 15 is 0 Å². The lowest BCUT2D eigenvalue weighted by atomic mass is 10.1. The molecular formula is C16H15ClFNO2. The first-order chi connectivity index (χ1) is 10.0. The highest BCUT2D eigenvalue weighted by atomic mass is 35.5. The average molecular weight is 308 g/mol. The highest BCUT2D eigenvalue weighted by Gasteiger charge is 2.14. The molecule has 0 amide bonds. The third-order valence-electron chi connectivity index (χ3n) is 3.12. The van der Waals surface area contributed by atoms with Crippen LogP contribution in [0.4, 0.5) is 10.1 Å². The lowest BCUT2D eigenvalue weighted by molar-refractivity contribution is 0.0595. The highest BCUT2D eigenvalue weighted by molar-refractivity contribution is 6.30. The second kappa shape index (κ2) is 6.59. The van der Waals surface area contributed by atoms with Gasteiger partial charge in [0.2, 0.25) is 0 Å². The van der Waals surface area contributed by atoms with Crippen molar-refractivity contribution < 1.29 is 13.9 Å². The molecule has 0 radical (unpaired) electrons. The van der Waals surface area contributed by atoms with E-state index in [2.05, 4.69) is 10.1 Å². The fraction of sp³-hybridized carbons (Fsp3) is 0.188. The molecule has 0 heterocycles. The van der Waals surface area contributed by atoms with Gasteiger partial charge in [-0.2, -0.15) is 0 Å². The molecule has 2 aromatic rings. The average Bonchev–Trinajstić information content (AvgIpc) is 2.49. The van der Waals surface area contributed by atoms with Crippen LogP contribution in [0.5, 0.6) is 0 Å². The number of ether oxygens (including phenoxy) is 1. The SMILES string of the molecule is COC(=O)c1cc(NC(C)c2ccc(Cl)cc2)ccc1F. The quantitative estimate of drug-likeness (QED) is 0.849. The molecule has 21 heavy (non-hydrogen) atoms. The molecule has 2 aromatic carbocycles. The topological polar surface area (TPSA) is 38.3 Å². The number of halogens is 2. The number of anilines is 1. The number of methoxy groups -OCH3 is 1. The van der Waals surface area contributed by atoms with Crippen LogP contribution in [-0.4, -0.2) is 13.1 Å². The molecule has 0 fully saturated rings. The Morgan fingerprint density at radius 3 is 2.52 bits per heavy atom. The van der Waals surface area contributed by atoms with Gasteiger partial charge in [-0.25, -0.2) is 9.18 Å². The molecule has 0 aliphatic heterocycles. The van der Waals surface area contributed by atoms with Crippen LogP contribution in [0.1, 0.15) is 28.9 Å². The molecule has 0 aliphatic carbocycles. The molecule has 1 atom stereocenters. The second-order valence-corrected chi connectivity index (χ2v) is 5.04. The van der Waals surface area contributed by atoms with E-state index in [1.54, 1.807) is 18.2 Å². The maximum Gasteiger partial charge on any atom is 0.340 e. The zero-order chi connectivity index (χ0) is 15.4. The summed E-state index contributed by atoms with van der Waals surface area (Å²) >= 11 is 5.85. The fourth-order valence-electron chi connectivity index (χ4n) is 1.97. The van der Waals surface area contributed by atoms with Crippen LogP contribution in [0.15, 0.2) is 42.5 Å². The summed E-state index contributed by atoms with van der Waals surface area (Å²) in [6.45, 7) is 1.96. The Morgan fingerprint density at radius 2 is 1.90 bits per heavy atom. The summed E-state index contributed by atoms with van der Waals surface area (Å²) in [6, 6.07) is 11.7. The molecule has 0 aromatic heterocycles. The van der Waals surface area contributed by atoms with Gasteiger partial charge in [0.1, 0.15) is 5.82 Å². The fourth-order valence-corrected chi connectivity index (χ4v) is 2.09. The number of benzene rings is 2. The van der Waals surface area contributed by atoms with Gasteiger partial charge in [-0.3, -0.25) is 0 Å². The maximum absolute atomic E-state index is 13.6. The number of hydrogen-bond acceptors (Lipinski definition) is 3. The number of hydrogen-bond donors (Lipinski definition) is 1. The number of carbonyl (C=O) groups excluding carboxylic acids is 1. The van der Waals surface area contributed by atoms with Gasteiger partial charge in [0.05, 0.1) is 12.7 Å². The second-order valence-electron chi connectivity index (χ2n) is 4.60. The Labute approximate surface area is 127 Å². The van der Waals surface area contributed by atoms with Gasteiger partial charge in [-0.15, -0.1) is 0 Å². The Bertz CT molecular complexity index is 643. The molecular weight excluding hydrogens is 293 g/mol. The number of carbonyl (C=O) groups is 1. The van der Waals surface area contributed by atoms with Gasteiger partial charge in [-0.1, -0.05) is 23.7 Å². The van der Waals surface area contributed by atoms with E-state index < -0.39 is 11.8 Å². The van der Waals surface area contributed by atoms with Crippen LogP contribution in [0.25, 0.3) is 0 Å². The maximum atomic E-state index is 13.6. The van der Waals surface area contributed by atoms with Crippen molar-refractivity contribution in [3.63, 3.8) is 0 Å². The minimum Gasteiger partial charge on any atom is -0.465 e. The normalized spacial score (nSPS) is 11.8. The third-order valence-corrected chi connectivity index (χ3v) is 3.38. The standard InChI is InChI=1S/C16H15ClFNO2/c1-10(11-3-5-12(17)6-4-11)19-13-7-8-15(18)14(9-13)16(20)21-2/h3-10,19H,1-2H3. The number of nitrogens with one attached hydrogen (secondary N) is 1. The van der Waals surface area contributed by atoms with E-state index in [0.29, 0.717) is 10.7 Å². The van der Waals surface area contributed by atoms with Crippen molar-refractivity contribution in [3.05, 3.63) is 64.4 Å². The molecule has 1 N–H and O–H groups in total. The molecule has 5 heteroatoms. The first-order valence-electron chi connectivity index (χ1n) is 6.41. The third kappa shape index (κ3) is 3.73. The van der Waals surface area contributed by atoms with Gasteiger partial charge in [0.15, 0.2) is 0 Å². The van der Waals surface area contributed by atoms with Crippen molar-refractivity contribution in [2.24, 2.45) is 0 Å². The van der Waals surface area contributed by atoms with Crippen LogP contribution in [0.2, 0.25) is 5.02 Å². The molecule has 3 nitrogen and oxygen atoms in total. The Hall–Kier alpha value is -2.07. The summed E-state index contributed by atoms with van der Waals surface area (Å²) in [6.07, 6.45) is 0. The molecule has 2 rings (SSSR count). The van der Waals surface area contributed by atoms with Gasteiger partial charge in [0, 0.05) is 16.8 Å². The summed E-state index contributed by atoms with van der Waals surface area (Å²) in [5, 5.41) is 3.87. The lowest BCUT2D eigenvalue weighted by Gasteiger charge is -2.16. The summed E-state index contributed by atoms with van der Waals surface area (Å²) in [4.78, 5) is 11.5. The minimum absolute atomic E-state index is 0.0155. The lowest BCUT2D eigenvalue weighted by Crippen LogP contribution is -2.09. The molecule has 0 aliphatic rings. The van der Waals surface area contributed by atoms with Crippen LogP contribution in [0.3, 0.4) is 0 Å². The summed E-state index contributed by atoms with van der Waals surface area (Å²) in [7, 11) is 1.22. The van der Waals surface area contributed by atoms with Crippen molar-refractivity contribution in [1.29, 1.82) is 0 Å².